The first-order valence-electron chi connectivity index (χ1n) is 6.94. The number of hydrogen-bond acceptors (Lipinski definition) is 3. The van der Waals surface area contributed by atoms with E-state index in [-0.39, 0.29) is 0 Å². The number of hydrogen-bond donors (Lipinski definition) is 0. The number of fused-ring (bicyclic) bond motifs is 1. The molecule has 0 amide bonds. The SMILES string of the molecule is [B][B]N(CC(/C=C\C=C)=C/C)c1ccc2c(c1)OCCO2. The summed E-state index contributed by atoms with van der Waals surface area (Å²) in [4.78, 5) is 1.96. The fourth-order valence-electron chi connectivity index (χ4n) is 2.07. The van der Waals surface area contributed by atoms with Gasteiger partial charge in [-0.1, -0.05) is 30.9 Å². The van der Waals surface area contributed by atoms with Crippen LogP contribution in [0, 0.1) is 0 Å². The Bertz CT molecular complexity index is 555. The van der Waals surface area contributed by atoms with E-state index in [1.807, 2.05) is 42.1 Å². The lowest BCUT2D eigenvalue weighted by Crippen LogP contribution is -2.30. The third-order valence-electron chi connectivity index (χ3n) is 3.21. The minimum Gasteiger partial charge on any atom is -0.486 e. The largest absolute Gasteiger partial charge is 0.486 e. The van der Waals surface area contributed by atoms with Crippen molar-refractivity contribution in [1.29, 1.82) is 0 Å². The Kier molecular flexibility index (Phi) is 5.61. The second-order valence-electron chi connectivity index (χ2n) is 4.56. The van der Waals surface area contributed by atoms with Crippen LogP contribution >= 0.6 is 0 Å². The first-order valence-corrected chi connectivity index (χ1v) is 6.94. The second-order valence-corrected chi connectivity index (χ2v) is 4.56. The zero-order chi connectivity index (χ0) is 15.1. The van der Waals surface area contributed by atoms with E-state index >= 15 is 0 Å². The molecule has 3 nitrogen and oxygen atoms in total. The molecular formula is C16H18B2NO2. The molecule has 1 aromatic rings. The van der Waals surface area contributed by atoms with Crippen LogP contribution in [0.5, 0.6) is 11.5 Å². The Hall–Kier alpha value is -2.03. The van der Waals surface area contributed by atoms with Crippen LogP contribution in [0.1, 0.15) is 6.92 Å². The summed E-state index contributed by atoms with van der Waals surface area (Å²) < 4.78 is 11.1. The molecule has 1 aliphatic rings. The molecule has 2 rings (SSSR count). The Balaban J connectivity index is 2.17. The van der Waals surface area contributed by atoms with Gasteiger partial charge in [0.25, 0.3) is 0 Å². The van der Waals surface area contributed by atoms with Crippen LogP contribution in [0.4, 0.5) is 5.69 Å². The van der Waals surface area contributed by atoms with Gasteiger partial charge >= 0.3 is 0 Å². The van der Waals surface area contributed by atoms with Crippen molar-refractivity contribution in [1.82, 2.24) is 0 Å². The van der Waals surface area contributed by atoms with Gasteiger partial charge in [0.1, 0.15) is 13.2 Å². The molecule has 0 saturated heterocycles. The highest BCUT2D eigenvalue weighted by Gasteiger charge is 2.14. The molecule has 0 fully saturated rings. The van der Waals surface area contributed by atoms with Gasteiger partial charge in [-0.3, -0.25) is 0 Å². The van der Waals surface area contributed by atoms with Gasteiger partial charge in [0.05, 0.1) is 0 Å². The van der Waals surface area contributed by atoms with E-state index in [2.05, 4.69) is 12.7 Å². The Morgan fingerprint density at radius 1 is 1.38 bits per heavy atom. The molecule has 1 aliphatic heterocycles. The number of anilines is 1. The van der Waals surface area contributed by atoms with E-state index in [0.717, 1.165) is 22.8 Å². The summed E-state index contributed by atoms with van der Waals surface area (Å²) in [5.41, 5.74) is 2.11. The molecule has 0 aromatic heterocycles. The Morgan fingerprint density at radius 3 is 2.81 bits per heavy atom. The van der Waals surface area contributed by atoms with Gasteiger partial charge in [-0.15, -0.1) is 0 Å². The molecule has 0 unspecified atom stereocenters. The maximum Gasteiger partial charge on any atom is 0.184 e. The van der Waals surface area contributed by atoms with Crippen LogP contribution in [0.25, 0.3) is 0 Å². The quantitative estimate of drug-likeness (QED) is 0.589. The second kappa shape index (κ2) is 7.67. The lowest BCUT2D eigenvalue weighted by molar-refractivity contribution is 0.171. The number of ether oxygens (including phenoxy) is 2. The predicted octanol–water partition coefficient (Wildman–Crippen LogP) is 2.66. The van der Waals surface area contributed by atoms with Crippen LogP contribution in [0.2, 0.25) is 0 Å². The maximum atomic E-state index is 5.77. The van der Waals surface area contributed by atoms with Gasteiger partial charge in [-0.2, -0.15) is 0 Å². The summed E-state index contributed by atoms with van der Waals surface area (Å²) in [7, 11) is 7.34. The van der Waals surface area contributed by atoms with E-state index in [4.69, 9.17) is 17.2 Å². The fourth-order valence-corrected chi connectivity index (χ4v) is 2.07. The van der Waals surface area contributed by atoms with E-state index in [9.17, 15) is 0 Å². The summed E-state index contributed by atoms with van der Waals surface area (Å²) in [5.74, 6) is 1.54. The van der Waals surface area contributed by atoms with Crippen LogP contribution < -0.4 is 14.3 Å². The number of allylic oxidation sites excluding steroid dienone is 3. The van der Waals surface area contributed by atoms with Gasteiger partial charge in [-0.25, -0.2) is 0 Å². The average Bonchev–Trinajstić information content (AvgIpc) is 2.55. The zero-order valence-electron chi connectivity index (χ0n) is 12.3. The highest BCUT2D eigenvalue weighted by atomic mass is 16.6. The monoisotopic (exact) mass is 278 g/mol. The number of benzene rings is 1. The van der Waals surface area contributed by atoms with Crippen molar-refractivity contribution in [2.24, 2.45) is 0 Å². The van der Waals surface area contributed by atoms with Gasteiger partial charge in [-0.05, 0) is 24.6 Å². The molecule has 0 N–H and O–H groups in total. The smallest absolute Gasteiger partial charge is 0.184 e. The molecule has 0 aliphatic carbocycles. The molecule has 0 saturated carbocycles. The van der Waals surface area contributed by atoms with Crippen molar-refractivity contribution < 1.29 is 9.47 Å². The van der Waals surface area contributed by atoms with Crippen LogP contribution in [0.3, 0.4) is 0 Å². The van der Waals surface area contributed by atoms with Crippen molar-refractivity contribution in [3.8, 4) is 11.5 Å². The number of nitrogens with zero attached hydrogens (tertiary/aromatic N) is 1. The highest BCUT2D eigenvalue weighted by molar-refractivity contribution is 6.91. The molecule has 1 aromatic carbocycles. The maximum absolute atomic E-state index is 5.77. The first-order chi connectivity index (χ1) is 10.3. The summed E-state index contributed by atoms with van der Waals surface area (Å²) in [6.07, 6.45) is 7.73. The van der Waals surface area contributed by atoms with Crippen molar-refractivity contribution in [2.75, 3.05) is 24.6 Å². The summed E-state index contributed by atoms with van der Waals surface area (Å²) in [6.45, 7) is 7.53. The summed E-state index contributed by atoms with van der Waals surface area (Å²) in [5, 5.41) is 0. The Labute approximate surface area is 128 Å². The topological polar surface area (TPSA) is 21.7 Å². The third kappa shape index (κ3) is 3.97. The molecule has 1 heterocycles. The van der Waals surface area contributed by atoms with Crippen molar-refractivity contribution in [3.05, 3.63) is 54.7 Å². The van der Waals surface area contributed by atoms with Crippen LogP contribution in [-0.4, -0.2) is 34.8 Å². The van der Waals surface area contributed by atoms with Crippen LogP contribution in [0.15, 0.2) is 54.7 Å². The average molecular weight is 278 g/mol. The fraction of sp³-hybridized carbons (Fsp3) is 0.250. The van der Waals surface area contributed by atoms with Crippen molar-refractivity contribution in [3.63, 3.8) is 0 Å². The minimum absolute atomic E-state index is 0.574. The number of rotatable bonds is 6. The van der Waals surface area contributed by atoms with E-state index in [1.165, 1.54) is 0 Å². The molecule has 0 atom stereocenters. The van der Waals surface area contributed by atoms with E-state index in [0.29, 0.717) is 19.8 Å². The van der Waals surface area contributed by atoms with Crippen LogP contribution in [-0.2, 0) is 0 Å². The molecule has 0 bridgehead atoms. The summed E-state index contributed by atoms with van der Waals surface area (Å²) >= 11 is 0. The molecule has 3 radical (unpaired) electrons. The molecule has 21 heavy (non-hydrogen) atoms. The molecule has 0 spiro atoms. The molecule has 5 heteroatoms. The third-order valence-corrected chi connectivity index (χ3v) is 3.21. The first kappa shape index (κ1) is 15.4. The molecule has 105 valence electrons. The summed E-state index contributed by atoms with van der Waals surface area (Å²) in [6, 6.07) is 5.83. The van der Waals surface area contributed by atoms with Gasteiger partial charge < -0.3 is 14.3 Å². The predicted molar refractivity (Wildman–Crippen MR) is 89.4 cm³/mol. The minimum atomic E-state index is 0.574. The van der Waals surface area contributed by atoms with E-state index < -0.39 is 0 Å². The van der Waals surface area contributed by atoms with Crippen molar-refractivity contribution >= 4 is 20.7 Å². The zero-order valence-corrected chi connectivity index (χ0v) is 12.3. The highest BCUT2D eigenvalue weighted by Crippen LogP contribution is 2.33. The van der Waals surface area contributed by atoms with E-state index in [1.54, 1.807) is 13.4 Å². The Morgan fingerprint density at radius 2 is 2.14 bits per heavy atom. The lowest BCUT2D eigenvalue weighted by Gasteiger charge is -2.26. The van der Waals surface area contributed by atoms with Gasteiger partial charge in [0.15, 0.2) is 18.8 Å². The lowest BCUT2D eigenvalue weighted by atomic mass is 9.64. The van der Waals surface area contributed by atoms with Gasteiger partial charge in [0.2, 0.25) is 0 Å². The normalized spacial score (nSPS) is 14.0. The van der Waals surface area contributed by atoms with Crippen molar-refractivity contribution in [2.45, 2.75) is 6.92 Å². The standard InChI is InChI=1S/C16H18B2NO2/c1-3-5-6-13(4-2)12-19(18-17)14-7-8-15-16(11-14)21-10-9-20-15/h3-8,11H,1,9-10,12H2,2H3/b6-5-,13-4+. The van der Waals surface area contributed by atoms with Gasteiger partial charge in [0, 0.05) is 26.0 Å². The molecular weight excluding hydrogens is 260 g/mol.